The minimum atomic E-state index is 0.171. The van der Waals surface area contributed by atoms with Gasteiger partial charge in [0.25, 0.3) is 0 Å². The third-order valence-corrected chi connectivity index (χ3v) is 1.95. The van der Waals surface area contributed by atoms with Gasteiger partial charge in [-0.25, -0.2) is 4.52 Å². The Labute approximate surface area is 77.2 Å². The Kier molecular flexibility index (Phi) is 2.02. The number of pyridine rings is 1. The summed E-state index contributed by atoms with van der Waals surface area (Å²) in [4.78, 5) is 0. The van der Waals surface area contributed by atoms with Crippen LogP contribution in [0, 0.1) is 0 Å². The van der Waals surface area contributed by atoms with Crippen molar-refractivity contribution < 1.29 is 0 Å². The Morgan fingerprint density at radius 3 is 3.08 bits per heavy atom. The summed E-state index contributed by atoms with van der Waals surface area (Å²) < 4.78 is 1.87. The molecule has 0 spiro atoms. The standard InChI is InChI=1S/C10H13N3/c1-8(11)6-9-7-10-4-2-3-5-13(10)12-9/h2-5,7-8H,6,11H2,1H3. The van der Waals surface area contributed by atoms with E-state index < -0.39 is 0 Å². The molecule has 0 aliphatic rings. The van der Waals surface area contributed by atoms with Crippen LogP contribution in [0.5, 0.6) is 0 Å². The fraction of sp³-hybridized carbons (Fsp3) is 0.300. The summed E-state index contributed by atoms with van der Waals surface area (Å²) in [7, 11) is 0. The summed E-state index contributed by atoms with van der Waals surface area (Å²) >= 11 is 0. The molecule has 68 valence electrons. The molecule has 0 saturated heterocycles. The topological polar surface area (TPSA) is 43.3 Å². The number of aromatic nitrogens is 2. The molecule has 2 N–H and O–H groups in total. The van der Waals surface area contributed by atoms with Gasteiger partial charge in [-0.1, -0.05) is 6.07 Å². The van der Waals surface area contributed by atoms with Crippen molar-refractivity contribution in [3.63, 3.8) is 0 Å². The summed E-state index contributed by atoms with van der Waals surface area (Å²) in [5, 5.41) is 4.39. The minimum Gasteiger partial charge on any atom is -0.328 e. The highest BCUT2D eigenvalue weighted by Gasteiger charge is 2.02. The van der Waals surface area contributed by atoms with Crippen molar-refractivity contribution in [1.29, 1.82) is 0 Å². The SMILES string of the molecule is CC(N)Cc1cc2ccccn2n1. The van der Waals surface area contributed by atoms with E-state index >= 15 is 0 Å². The van der Waals surface area contributed by atoms with Crippen molar-refractivity contribution in [2.45, 2.75) is 19.4 Å². The Balaban J connectivity index is 2.38. The normalized spacial score (nSPS) is 13.4. The van der Waals surface area contributed by atoms with Gasteiger partial charge in [-0.15, -0.1) is 0 Å². The molecule has 2 heterocycles. The molecule has 2 aromatic heterocycles. The van der Waals surface area contributed by atoms with Crippen LogP contribution >= 0.6 is 0 Å². The molecule has 3 heteroatoms. The molecule has 0 bridgehead atoms. The van der Waals surface area contributed by atoms with E-state index in [1.807, 2.05) is 35.8 Å². The maximum Gasteiger partial charge on any atom is 0.0664 e. The molecule has 1 unspecified atom stereocenters. The predicted octanol–water partition coefficient (Wildman–Crippen LogP) is 1.22. The Hall–Kier alpha value is -1.35. The largest absolute Gasteiger partial charge is 0.328 e. The van der Waals surface area contributed by atoms with Crippen LogP contribution in [0.4, 0.5) is 0 Å². The van der Waals surface area contributed by atoms with Crippen molar-refractivity contribution in [1.82, 2.24) is 9.61 Å². The molecule has 0 amide bonds. The second-order valence-corrected chi connectivity index (χ2v) is 3.39. The van der Waals surface area contributed by atoms with Gasteiger partial charge >= 0.3 is 0 Å². The van der Waals surface area contributed by atoms with E-state index in [2.05, 4.69) is 11.2 Å². The zero-order chi connectivity index (χ0) is 9.26. The van der Waals surface area contributed by atoms with Crippen molar-refractivity contribution in [3.8, 4) is 0 Å². The zero-order valence-corrected chi connectivity index (χ0v) is 7.64. The highest BCUT2D eigenvalue weighted by atomic mass is 15.2. The van der Waals surface area contributed by atoms with Gasteiger partial charge in [-0.2, -0.15) is 5.10 Å². The molecule has 1 atom stereocenters. The van der Waals surface area contributed by atoms with Gasteiger partial charge in [0.1, 0.15) is 0 Å². The van der Waals surface area contributed by atoms with E-state index in [1.165, 1.54) is 0 Å². The summed E-state index contributed by atoms with van der Waals surface area (Å²) in [5.74, 6) is 0. The van der Waals surface area contributed by atoms with E-state index in [0.29, 0.717) is 0 Å². The summed E-state index contributed by atoms with van der Waals surface area (Å²) in [5.41, 5.74) is 7.88. The third kappa shape index (κ3) is 1.70. The number of fused-ring (bicyclic) bond motifs is 1. The van der Waals surface area contributed by atoms with Crippen LogP contribution in [0.3, 0.4) is 0 Å². The molecule has 2 aromatic rings. The van der Waals surface area contributed by atoms with Gasteiger partial charge in [0, 0.05) is 18.7 Å². The first-order valence-corrected chi connectivity index (χ1v) is 4.44. The number of nitrogens with zero attached hydrogens (tertiary/aromatic N) is 2. The summed E-state index contributed by atoms with van der Waals surface area (Å²) in [6, 6.07) is 8.26. The maximum absolute atomic E-state index is 5.70. The fourth-order valence-electron chi connectivity index (χ4n) is 1.42. The van der Waals surface area contributed by atoms with Gasteiger partial charge in [-0.3, -0.25) is 0 Å². The lowest BCUT2D eigenvalue weighted by Crippen LogP contribution is -2.17. The van der Waals surface area contributed by atoms with Crippen LogP contribution in [-0.4, -0.2) is 15.7 Å². The molecule has 0 fully saturated rings. The number of rotatable bonds is 2. The maximum atomic E-state index is 5.70. The average molecular weight is 175 g/mol. The molecule has 0 aliphatic heterocycles. The van der Waals surface area contributed by atoms with Crippen LogP contribution in [0.2, 0.25) is 0 Å². The van der Waals surface area contributed by atoms with Crippen LogP contribution in [-0.2, 0) is 6.42 Å². The highest BCUT2D eigenvalue weighted by Crippen LogP contribution is 2.06. The van der Waals surface area contributed by atoms with E-state index in [-0.39, 0.29) is 6.04 Å². The predicted molar refractivity (Wildman–Crippen MR) is 52.5 cm³/mol. The first-order chi connectivity index (χ1) is 6.25. The summed E-state index contributed by atoms with van der Waals surface area (Å²) in [6.07, 6.45) is 2.78. The monoisotopic (exact) mass is 175 g/mol. The molecule has 3 nitrogen and oxygen atoms in total. The van der Waals surface area contributed by atoms with Gasteiger partial charge in [0.05, 0.1) is 11.2 Å². The van der Waals surface area contributed by atoms with Crippen LogP contribution in [0.15, 0.2) is 30.5 Å². The summed E-state index contributed by atoms with van der Waals surface area (Å²) in [6.45, 7) is 1.99. The van der Waals surface area contributed by atoms with Gasteiger partial charge in [-0.05, 0) is 25.1 Å². The Morgan fingerprint density at radius 2 is 2.38 bits per heavy atom. The first kappa shape index (κ1) is 8.26. The van der Waals surface area contributed by atoms with Crippen LogP contribution in [0.25, 0.3) is 5.52 Å². The Bertz CT molecular complexity index is 370. The number of nitrogens with two attached hydrogens (primary N) is 1. The lowest BCUT2D eigenvalue weighted by Gasteiger charge is -1.98. The van der Waals surface area contributed by atoms with E-state index in [0.717, 1.165) is 17.6 Å². The van der Waals surface area contributed by atoms with Crippen molar-refractivity contribution in [2.75, 3.05) is 0 Å². The number of hydrogen-bond acceptors (Lipinski definition) is 2. The van der Waals surface area contributed by atoms with E-state index in [9.17, 15) is 0 Å². The molecular formula is C10H13N3. The molecule has 0 radical (unpaired) electrons. The second kappa shape index (κ2) is 3.18. The third-order valence-electron chi connectivity index (χ3n) is 1.95. The van der Waals surface area contributed by atoms with Crippen LogP contribution in [0.1, 0.15) is 12.6 Å². The Morgan fingerprint density at radius 1 is 1.54 bits per heavy atom. The highest BCUT2D eigenvalue weighted by molar-refractivity contribution is 5.47. The van der Waals surface area contributed by atoms with Crippen molar-refractivity contribution in [3.05, 3.63) is 36.2 Å². The second-order valence-electron chi connectivity index (χ2n) is 3.39. The molecular weight excluding hydrogens is 162 g/mol. The molecule has 13 heavy (non-hydrogen) atoms. The quantitative estimate of drug-likeness (QED) is 0.745. The number of hydrogen-bond donors (Lipinski definition) is 1. The lowest BCUT2D eigenvalue weighted by molar-refractivity contribution is 0.712. The van der Waals surface area contributed by atoms with Crippen molar-refractivity contribution >= 4 is 5.52 Å². The minimum absolute atomic E-state index is 0.171. The first-order valence-electron chi connectivity index (χ1n) is 4.44. The molecule has 0 saturated carbocycles. The van der Waals surface area contributed by atoms with Gasteiger partial charge < -0.3 is 5.73 Å². The van der Waals surface area contributed by atoms with Gasteiger partial charge in [0.2, 0.25) is 0 Å². The van der Waals surface area contributed by atoms with Crippen LogP contribution < -0.4 is 5.73 Å². The average Bonchev–Trinajstić information content (AvgIpc) is 2.44. The molecule has 0 aliphatic carbocycles. The van der Waals surface area contributed by atoms with E-state index in [4.69, 9.17) is 5.73 Å². The van der Waals surface area contributed by atoms with E-state index in [1.54, 1.807) is 0 Å². The van der Waals surface area contributed by atoms with Crippen molar-refractivity contribution in [2.24, 2.45) is 5.73 Å². The van der Waals surface area contributed by atoms with Gasteiger partial charge in [0.15, 0.2) is 0 Å². The smallest absolute Gasteiger partial charge is 0.0664 e. The molecule has 2 rings (SSSR count). The molecule has 0 aromatic carbocycles. The zero-order valence-electron chi connectivity index (χ0n) is 7.64. The fourth-order valence-corrected chi connectivity index (χ4v) is 1.42. The lowest BCUT2D eigenvalue weighted by atomic mass is 10.2.